The second-order valence-corrected chi connectivity index (χ2v) is 6.87. The van der Waals surface area contributed by atoms with Crippen molar-refractivity contribution < 1.29 is 9.59 Å². The van der Waals surface area contributed by atoms with Crippen LogP contribution in [0.4, 0.5) is 16.7 Å². The molecule has 2 fully saturated rings. The molecule has 26 heavy (non-hydrogen) atoms. The van der Waals surface area contributed by atoms with E-state index in [-0.39, 0.29) is 5.70 Å². The lowest BCUT2D eigenvalue weighted by atomic mass is 10.2. The van der Waals surface area contributed by atoms with Gasteiger partial charge in [-0.2, -0.15) is 19.6 Å². The van der Waals surface area contributed by atoms with Crippen LogP contribution in [0.5, 0.6) is 0 Å². The number of hydrogen-bond donors (Lipinski definition) is 4. The summed E-state index contributed by atoms with van der Waals surface area (Å²) in [5.41, 5.74) is 1.33. The first-order valence-corrected chi connectivity index (χ1v) is 8.60. The fourth-order valence-electron chi connectivity index (χ4n) is 2.51. The Morgan fingerprint density at radius 2 is 2.12 bits per heavy atom. The molecule has 0 aromatic carbocycles. The van der Waals surface area contributed by atoms with Crippen LogP contribution < -0.4 is 21.3 Å². The largest absolute Gasteiger partial charge is 0.354 e. The predicted octanol–water partition coefficient (Wildman–Crippen LogP) is 0.947. The van der Waals surface area contributed by atoms with E-state index in [1.807, 2.05) is 0 Å². The molecule has 2 aromatic rings. The summed E-state index contributed by atoms with van der Waals surface area (Å²) < 4.78 is 1.61. The number of amides is 3. The lowest BCUT2D eigenvalue weighted by Gasteiger charge is -2.11. The molecular formula is C16H20N8O2. The van der Waals surface area contributed by atoms with Gasteiger partial charge in [-0.15, -0.1) is 0 Å². The number of aromatic nitrogens is 4. The number of urea groups is 1. The number of imide groups is 1. The highest BCUT2D eigenvalue weighted by Crippen LogP contribution is 2.25. The van der Waals surface area contributed by atoms with Gasteiger partial charge in [-0.25, -0.2) is 4.79 Å². The van der Waals surface area contributed by atoms with E-state index in [1.54, 1.807) is 16.8 Å². The van der Waals surface area contributed by atoms with Crippen LogP contribution in [0.15, 0.2) is 11.9 Å². The Labute approximate surface area is 149 Å². The van der Waals surface area contributed by atoms with E-state index in [9.17, 15) is 9.59 Å². The van der Waals surface area contributed by atoms with E-state index in [0.29, 0.717) is 35.1 Å². The van der Waals surface area contributed by atoms with Gasteiger partial charge in [0, 0.05) is 18.2 Å². The molecule has 1 aliphatic heterocycles. The van der Waals surface area contributed by atoms with Crippen LogP contribution in [-0.2, 0) is 4.79 Å². The van der Waals surface area contributed by atoms with Gasteiger partial charge in [0.15, 0.2) is 5.65 Å². The summed E-state index contributed by atoms with van der Waals surface area (Å²) in [6, 6.07) is -0.139. The second kappa shape index (κ2) is 6.28. The molecule has 1 saturated heterocycles. The summed E-state index contributed by atoms with van der Waals surface area (Å²) in [6.45, 7) is 4.94. The average Bonchev–Trinajstić information content (AvgIpc) is 3.22. The van der Waals surface area contributed by atoms with Gasteiger partial charge in [-0.1, -0.05) is 13.8 Å². The quantitative estimate of drug-likeness (QED) is 0.448. The van der Waals surface area contributed by atoms with Crippen molar-refractivity contribution in [1.82, 2.24) is 30.2 Å². The molecule has 10 nitrogen and oxygen atoms in total. The SMILES string of the molecule is CC(C)CNc1nc(NC2CC2)n2ncc(/C=C3\NC(=O)NC3=O)c2n1. The molecule has 0 atom stereocenters. The normalized spacial score (nSPS) is 18.5. The van der Waals surface area contributed by atoms with E-state index >= 15 is 0 Å². The smallest absolute Gasteiger partial charge is 0.326 e. The summed E-state index contributed by atoms with van der Waals surface area (Å²) in [4.78, 5) is 32.1. The molecule has 0 bridgehead atoms. The fourth-order valence-corrected chi connectivity index (χ4v) is 2.51. The van der Waals surface area contributed by atoms with Crippen LogP contribution in [0, 0.1) is 5.92 Å². The zero-order valence-corrected chi connectivity index (χ0v) is 14.5. The Kier molecular flexibility index (Phi) is 3.94. The van der Waals surface area contributed by atoms with Crippen LogP contribution in [-0.4, -0.2) is 44.1 Å². The second-order valence-electron chi connectivity index (χ2n) is 6.87. The molecule has 2 aliphatic rings. The minimum atomic E-state index is -0.539. The highest BCUT2D eigenvalue weighted by molar-refractivity contribution is 6.14. The number of nitrogens with zero attached hydrogens (tertiary/aromatic N) is 4. The highest BCUT2D eigenvalue weighted by atomic mass is 16.2. The fraction of sp³-hybridized carbons (Fsp3) is 0.438. The number of rotatable bonds is 6. The molecule has 1 aliphatic carbocycles. The van der Waals surface area contributed by atoms with Gasteiger partial charge in [0.2, 0.25) is 11.9 Å². The maximum atomic E-state index is 11.8. The van der Waals surface area contributed by atoms with Gasteiger partial charge >= 0.3 is 6.03 Å². The summed E-state index contributed by atoms with van der Waals surface area (Å²) in [6.07, 6.45) is 5.36. The van der Waals surface area contributed by atoms with Crippen molar-refractivity contribution in [2.75, 3.05) is 17.2 Å². The predicted molar refractivity (Wildman–Crippen MR) is 95.4 cm³/mol. The molecule has 10 heteroatoms. The van der Waals surface area contributed by atoms with Crippen LogP contribution in [0.1, 0.15) is 32.3 Å². The molecule has 0 unspecified atom stereocenters. The maximum absolute atomic E-state index is 11.8. The topological polar surface area (TPSA) is 125 Å². The van der Waals surface area contributed by atoms with Crippen molar-refractivity contribution in [1.29, 1.82) is 0 Å². The molecule has 136 valence electrons. The monoisotopic (exact) mass is 356 g/mol. The van der Waals surface area contributed by atoms with E-state index in [2.05, 4.69) is 50.2 Å². The zero-order valence-electron chi connectivity index (χ0n) is 14.5. The number of carbonyl (C=O) groups is 2. The lowest BCUT2D eigenvalue weighted by molar-refractivity contribution is -0.115. The Bertz CT molecular complexity index is 912. The third-order valence-electron chi connectivity index (χ3n) is 3.99. The third kappa shape index (κ3) is 3.30. The Balaban J connectivity index is 1.74. The maximum Gasteiger partial charge on any atom is 0.326 e. The number of carbonyl (C=O) groups excluding carboxylic acids is 2. The van der Waals surface area contributed by atoms with E-state index < -0.39 is 11.9 Å². The van der Waals surface area contributed by atoms with Gasteiger partial charge < -0.3 is 16.0 Å². The lowest BCUT2D eigenvalue weighted by Crippen LogP contribution is -2.22. The molecule has 0 spiro atoms. The Morgan fingerprint density at radius 3 is 2.77 bits per heavy atom. The number of hydrogen-bond acceptors (Lipinski definition) is 7. The van der Waals surface area contributed by atoms with Crippen molar-refractivity contribution in [2.45, 2.75) is 32.7 Å². The van der Waals surface area contributed by atoms with Crippen molar-refractivity contribution in [3.8, 4) is 0 Å². The summed E-state index contributed by atoms with van der Waals surface area (Å²) >= 11 is 0. The van der Waals surface area contributed by atoms with Crippen LogP contribution in [0.3, 0.4) is 0 Å². The minimum absolute atomic E-state index is 0.164. The first-order valence-electron chi connectivity index (χ1n) is 8.60. The highest BCUT2D eigenvalue weighted by Gasteiger charge is 2.25. The van der Waals surface area contributed by atoms with Gasteiger partial charge in [-0.05, 0) is 24.8 Å². The molecule has 3 heterocycles. The van der Waals surface area contributed by atoms with Crippen molar-refractivity contribution in [2.24, 2.45) is 5.92 Å². The average molecular weight is 356 g/mol. The summed E-state index contributed by atoms with van der Waals surface area (Å²) in [7, 11) is 0. The van der Waals surface area contributed by atoms with Gasteiger partial charge in [0.25, 0.3) is 5.91 Å². The number of fused-ring (bicyclic) bond motifs is 1. The Hall–Kier alpha value is -3.17. The zero-order chi connectivity index (χ0) is 18.3. The summed E-state index contributed by atoms with van der Waals surface area (Å²) in [5, 5.41) is 15.6. The van der Waals surface area contributed by atoms with Gasteiger partial charge in [0.05, 0.1) is 6.20 Å². The first-order chi connectivity index (χ1) is 12.5. The van der Waals surface area contributed by atoms with Crippen LogP contribution in [0.2, 0.25) is 0 Å². The molecule has 1 saturated carbocycles. The van der Waals surface area contributed by atoms with Crippen molar-refractivity contribution in [3.63, 3.8) is 0 Å². The number of nitrogens with one attached hydrogen (secondary N) is 4. The molecule has 4 rings (SSSR count). The first kappa shape index (κ1) is 16.3. The van der Waals surface area contributed by atoms with Gasteiger partial charge in [-0.3, -0.25) is 10.1 Å². The molecule has 3 amide bonds. The summed E-state index contributed by atoms with van der Waals surface area (Å²) in [5.74, 6) is 1.07. The van der Waals surface area contributed by atoms with Gasteiger partial charge in [0.1, 0.15) is 5.70 Å². The van der Waals surface area contributed by atoms with E-state index in [4.69, 9.17) is 0 Å². The molecule has 4 N–H and O–H groups in total. The van der Waals surface area contributed by atoms with Crippen molar-refractivity contribution in [3.05, 3.63) is 17.5 Å². The molecular weight excluding hydrogens is 336 g/mol. The number of anilines is 2. The van der Waals surface area contributed by atoms with Crippen molar-refractivity contribution >= 4 is 35.6 Å². The molecule has 0 radical (unpaired) electrons. The van der Waals surface area contributed by atoms with Crippen LogP contribution in [0.25, 0.3) is 11.7 Å². The standard InChI is InChI=1S/C16H20N8O2/c1-8(2)6-17-14-21-12-9(5-11-13(25)22-16(26)20-11)7-18-24(12)15(23-14)19-10-3-4-10/h5,7-8,10H,3-4,6H2,1-2H3,(H2,17,19,21,23)(H2,20,22,25,26)/b11-5-. The third-order valence-corrected chi connectivity index (χ3v) is 3.99. The van der Waals surface area contributed by atoms with E-state index in [0.717, 1.165) is 19.4 Å². The van der Waals surface area contributed by atoms with E-state index in [1.165, 1.54) is 0 Å². The van der Waals surface area contributed by atoms with Crippen LogP contribution >= 0.6 is 0 Å². The Morgan fingerprint density at radius 1 is 1.31 bits per heavy atom. The minimum Gasteiger partial charge on any atom is -0.354 e. The molecule has 2 aromatic heterocycles.